The summed E-state index contributed by atoms with van der Waals surface area (Å²) in [5.41, 5.74) is 3.33. The summed E-state index contributed by atoms with van der Waals surface area (Å²) < 4.78 is 5.25. The maximum atomic E-state index is 13.1. The normalized spacial score (nSPS) is 18.1. The summed E-state index contributed by atoms with van der Waals surface area (Å²) in [6.07, 6.45) is 0.763. The molecule has 1 atom stereocenters. The Labute approximate surface area is 183 Å². The zero-order valence-corrected chi connectivity index (χ0v) is 18.9. The summed E-state index contributed by atoms with van der Waals surface area (Å²) in [5.74, 6) is -0.692. The SMILES string of the molecule is COc1ccc(C(O)=C2C(=O)C(=O)N(CCC[NH+](C)C)C2c2ccc(C)cc2)c(C)c1. The molecule has 1 fully saturated rings. The van der Waals surface area contributed by atoms with Crippen molar-refractivity contribution in [2.45, 2.75) is 26.3 Å². The lowest BCUT2D eigenvalue weighted by atomic mass is 9.93. The van der Waals surface area contributed by atoms with E-state index in [1.54, 1.807) is 30.2 Å². The minimum atomic E-state index is -0.643. The zero-order valence-electron chi connectivity index (χ0n) is 18.9. The molecule has 1 saturated heterocycles. The minimum absolute atomic E-state index is 0.138. The largest absolute Gasteiger partial charge is 0.507 e. The number of amides is 1. The van der Waals surface area contributed by atoms with Gasteiger partial charge in [-0.1, -0.05) is 29.8 Å². The lowest BCUT2D eigenvalue weighted by Gasteiger charge is -2.25. The molecule has 3 rings (SSSR count). The molecule has 164 valence electrons. The van der Waals surface area contributed by atoms with E-state index in [9.17, 15) is 14.7 Å². The van der Waals surface area contributed by atoms with Crippen molar-refractivity contribution in [1.29, 1.82) is 0 Å². The third kappa shape index (κ3) is 4.64. The number of hydrogen-bond donors (Lipinski definition) is 2. The third-order valence-electron chi connectivity index (χ3n) is 5.70. The van der Waals surface area contributed by atoms with Gasteiger partial charge in [-0.25, -0.2) is 0 Å². The number of Topliss-reactive ketones (excluding diaryl/α,β-unsaturated/α-hetero) is 1. The van der Waals surface area contributed by atoms with Crippen molar-refractivity contribution in [1.82, 2.24) is 4.90 Å². The molecule has 31 heavy (non-hydrogen) atoms. The summed E-state index contributed by atoms with van der Waals surface area (Å²) in [6, 6.07) is 12.4. The number of benzene rings is 2. The van der Waals surface area contributed by atoms with Crippen molar-refractivity contribution in [3.05, 3.63) is 70.3 Å². The highest BCUT2D eigenvalue weighted by atomic mass is 16.5. The summed E-state index contributed by atoms with van der Waals surface area (Å²) in [5, 5.41) is 11.2. The van der Waals surface area contributed by atoms with Crippen molar-refractivity contribution in [3.63, 3.8) is 0 Å². The summed E-state index contributed by atoms with van der Waals surface area (Å²) in [7, 11) is 5.68. The number of methoxy groups -OCH3 is 1. The number of rotatable bonds is 7. The van der Waals surface area contributed by atoms with Gasteiger partial charge in [0.25, 0.3) is 11.7 Å². The van der Waals surface area contributed by atoms with Gasteiger partial charge in [-0.05, 0) is 43.2 Å². The van der Waals surface area contributed by atoms with E-state index in [-0.39, 0.29) is 11.3 Å². The first kappa shape index (κ1) is 22.6. The van der Waals surface area contributed by atoms with E-state index in [1.807, 2.05) is 38.1 Å². The van der Waals surface area contributed by atoms with Crippen molar-refractivity contribution >= 4 is 17.4 Å². The van der Waals surface area contributed by atoms with E-state index in [4.69, 9.17) is 4.74 Å². The summed E-state index contributed by atoms with van der Waals surface area (Å²) >= 11 is 0. The molecule has 0 bridgehead atoms. The van der Waals surface area contributed by atoms with Crippen LogP contribution in [-0.2, 0) is 9.59 Å². The van der Waals surface area contributed by atoms with Gasteiger partial charge in [-0.15, -0.1) is 0 Å². The molecule has 2 aromatic rings. The first-order valence-corrected chi connectivity index (χ1v) is 10.5. The van der Waals surface area contributed by atoms with E-state index in [1.165, 1.54) is 4.90 Å². The van der Waals surface area contributed by atoms with E-state index in [0.717, 1.165) is 29.7 Å². The Balaban J connectivity index is 2.11. The van der Waals surface area contributed by atoms with E-state index in [0.29, 0.717) is 17.9 Å². The second-order valence-corrected chi connectivity index (χ2v) is 8.39. The molecule has 0 saturated carbocycles. The highest BCUT2D eigenvalue weighted by Gasteiger charge is 2.45. The molecule has 1 heterocycles. The van der Waals surface area contributed by atoms with Crippen LogP contribution in [0.1, 0.15) is 34.7 Å². The van der Waals surface area contributed by atoms with Gasteiger partial charge in [0.2, 0.25) is 0 Å². The number of likely N-dealkylation sites (tertiary alicyclic amines) is 1. The van der Waals surface area contributed by atoms with Gasteiger partial charge >= 0.3 is 0 Å². The average Bonchev–Trinajstić information content (AvgIpc) is 2.98. The van der Waals surface area contributed by atoms with Crippen LogP contribution in [0.15, 0.2) is 48.0 Å². The molecule has 1 unspecified atom stereocenters. The lowest BCUT2D eigenvalue weighted by Crippen LogP contribution is -3.05. The van der Waals surface area contributed by atoms with Crippen LogP contribution in [-0.4, -0.2) is 56.0 Å². The van der Waals surface area contributed by atoms with Crippen molar-refractivity contribution in [2.24, 2.45) is 0 Å². The Bertz CT molecular complexity index is 1010. The number of aryl methyl sites for hydroxylation is 2. The van der Waals surface area contributed by atoms with Gasteiger partial charge in [0.1, 0.15) is 11.5 Å². The lowest BCUT2D eigenvalue weighted by molar-refractivity contribution is -0.858. The standard InChI is InChI=1S/C25H30N2O4/c1-16-7-9-18(10-8-16)22-21(23(28)20-12-11-19(31-5)15-17(20)2)24(29)25(30)27(22)14-6-13-26(3)4/h7-12,15,22,28H,6,13-14H2,1-5H3/p+1. The molecular weight excluding hydrogens is 392 g/mol. The molecule has 2 aromatic carbocycles. The first-order chi connectivity index (χ1) is 14.7. The van der Waals surface area contributed by atoms with Gasteiger partial charge in [0.15, 0.2) is 0 Å². The van der Waals surface area contributed by atoms with E-state index < -0.39 is 17.7 Å². The monoisotopic (exact) mass is 423 g/mol. The second kappa shape index (κ2) is 9.35. The van der Waals surface area contributed by atoms with Crippen LogP contribution in [0, 0.1) is 13.8 Å². The fourth-order valence-corrected chi connectivity index (χ4v) is 3.98. The quantitative estimate of drug-likeness (QED) is 0.407. The Hall–Kier alpha value is -3.12. The van der Waals surface area contributed by atoms with Gasteiger partial charge in [0, 0.05) is 18.5 Å². The molecule has 0 radical (unpaired) electrons. The van der Waals surface area contributed by atoms with Gasteiger partial charge in [-0.3, -0.25) is 9.59 Å². The molecule has 1 aliphatic heterocycles. The number of nitrogens with one attached hydrogen (secondary N) is 1. The number of aliphatic hydroxyl groups excluding tert-OH is 1. The summed E-state index contributed by atoms with van der Waals surface area (Å²) in [6.45, 7) is 5.16. The van der Waals surface area contributed by atoms with Crippen LogP contribution < -0.4 is 9.64 Å². The number of ketones is 1. The van der Waals surface area contributed by atoms with Gasteiger partial charge in [0.05, 0.1) is 39.4 Å². The number of quaternary nitrogens is 1. The number of ether oxygens (including phenoxy) is 1. The molecular formula is C25H31N2O4+. The minimum Gasteiger partial charge on any atom is -0.507 e. The predicted octanol–water partition coefficient (Wildman–Crippen LogP) is 2.27. The topological polar surface area (TPSA) is 71.3 Å². The Morgan fingerprint density at radius 1 is 1.10 bits per heavy atom. The number of carbonyl (C=O) groups excluding carboxylic acids is 2. The number of carbonyl (C=O) groups is 2. The molecule has 6 heteroatoms. The second-order valence-electron chi connectivity index (χ2n) is 8.39. The van der Waals surface area contributed by atoms with Crippen molar-refractivity contribution in [2.75, 3.05) is 34.3 Å². The Morgan fingerprint density at radius 2 is 1.77 bits per heavy atom. The molecule has 2 N–H and O–H groups in total. The predicted molar refractivity (Wildman–Crippen MR) is 120 cm³/mol. The fraction of sp³-hybridized carbons (Fsp3) is 0.360. The first-order valence-electron chi connectivity index (χ1n) is 10.5. The van der Waals surface area contributed by atoms with Gasteiger partial charge in [-0.2, -0.15) is 0 Å². The molecule has 0 spiro atoms. The fourth-order valence-electron chi connectivity index (χ4n) is 3.98. The van der Waals surface area contributed by atoms with Crippen LogP contribution in [0.4, 0.5) is 0 Å². The van der Waals surface area contributed by atoms with Gasteiger partial charge < -0.3 is 19.6 Å². The average molecular weight is 424 g/mol. The molecule has 1 amide bonds. The van der Waals surface area contributed by atoms with E-state index >= 15 is 0 Å². The smallest absolute Gasteiger partial charge is 0.295 e. The van der Waals surface area contributed by atoms with Crippen LogP contribution in [0.5, 0.6) is 5.75 Å². The molecule has 0 aromatic heterocycles. The summed E-state index contributed by atoms with van der Waals surface area (Å²) in [4.78, 5) is 28.9. The highest BCUT2D eigenvalue weighted by Crippen LogP contribution is 2.40. The van der Waals surface area contributed by atoms with Crippen LogP contribution in [0.3, 0.4) is 0 Å². The van der Waals surface area contributed by atoms with Crippen molar-refractivity contribution < 1.29 is 24.3 Å². The maximum absolute atomic E-state index is 13.1. The third-order valence-corrected chi connectivity index (χ3v) is 5.70. The number of nitrogens with zero attached hydrogens (tertiary/aromatic N) is 1. The number of hydrogen-bond acceptors (Lipinski definition) is 4. The number of aliphatic hydroxyl groups is 1. The Kier molecular flexibility index (Phi) is 6.81. The van der Waals surface area contributed by atoms with Crippen molar-refractivity contribution in [3.8, 4) is 5.75 Å². The highest BCUT2D eigenvalue weighted by molar-refractivity contribution is 6.46. The maximum Gasteiger partial charge on any atom is 0.295 e. The van der Waals surface area contributed by atoms with E-state index in [2.05, 4.69) is 14.1 Å². The van der Waals surface area contributed by atoms with Crippen LogP contribution >= 0.6 is 0 Å². The Morgan fingerprint density at radius 3 is 2.35 bits per heavy atom. The zero-order chi connectivity index (χ0) is 22.7. The van der Waals surface area contributed by atoms with Crippen LogP contribution in [0.25, 0.3) is 5.76 Å². The molecule has 6 nitrogen and oxygen atoms in total. The molecule has 0 aliphatic carbocycles. The van der Waals surface area contributed by atoms with Crippen LogP contribution in [0.2, 0.25) is 0 Å². The molecule has 1 aliphatic rings.